The maximum absolute atomic E-state index is 12.7. The molecule has 1 amide bonds. The van der Waals surface area contributed by atoms with Gasteiger partial charge in [0.1, 0.15) is 4.32 Å². The Hall–Kier alpha value is -2.06. The van der Waals surface area contributed by atoms with Crippen LogP contribution in [0, 0.1) is 0 Å². The molecule has 1 aliphatic heterocycles. The van der Waals surface area contributed by atoms with Crippen LogP contribution >= 0.6 is 24.0 Å². The summed E-state index contributed by atoms with van der Waals surface area (Å²) >= 11 is 6.51. The molecule has 0 radical (unpaired) electrons. The highest BCUT2D eigenvalue weighted by atomic mass is 32.2. The molecule has 0 spiro atoms. The predicted octanol–water partition coefficient (Wildman–Crippen LogP) is 4.03. The van der Waals surface area contributed by atoms with E-state index >= 15 is 0 Å². The van der Waals surface area contributed by atoms with Gasteiger partial charge in [0.25, 0.3) is 5.91 Å². The van der Waals surface area contributed by atoms with Crippen LogP contribution < -0.4 is 9.47 Å². The number of carbonyl (C=O) groups is 2. The zero-order valence-corrected chi connectivity index (χ0v) is 18.2. The minimum absolute atomic E-state index is 0.0284. The van der Waals surface area contributed by atoms with Gasteiger partial charge in [-0.2, -0.15) is 0 Å². The molecular formula is C20H25NO5S2. The van der Waals surface area contributed by atoms with E-state index in [1.165, 1.54) is 16.7 Å². The number of amides is 1. The number of thiocarbonyl (C=S) groups is 1. The molecule has 0 aromatic heterocycles. The van der Waals surface area contributed by atoms with Gasteiger partial charge >= 0.3 is 5.97 Å². The third kappa shape index (κ3) is 5.97. The fraction of sp³-hybridized carbons (Fsp3) is 0.450. The maximum Gasteiger partial charge on any atom is 0.307 e. The Morgan fingerprint density at radius 2 is 2.00 bits per heavy atom. The van der Waals surface area contributed by atoms with Crippen LogP contribution in [0.4, 0.5) is 0 Å². The molecule has 28 heavy (non-hydrogen) atoms. The van der Waals surface area contributed by atoms with Crippen molar-refractivity contribution in [2.45, 2.75) is 40.2 Å². The van der Waals surface area contributed by atoms with Gasteiger partial charge in [-0.25, -0.2) is 0 Å². The first-order valence-electron chi connectivity index (χ1n) is 9.20. The van der Waals surface area contributed by atoms with Crippen molar-refractivity contribution in [2.75, 3.05) is 19.8 Å². The molecular weight excluding hydrogens is 398 g/mol. The maximum atomic E-state index is 12.7. The summed E-state index contributed by atoms with van der Waals surface area (Å²) in [6.07, 6.45) is 1.91. The Bertz CT molecular complexity index is 776. The van der Waals surface area contributed by atoms with Crippen molar-refractivity contribution in [3.63, 3.8) is 0 Å². The summed E-state index contributed by atoms with van der Waals surface area (Å²) in [7, 11) is 0. The molecule has 1 saturated heterocycles. The van der Waals surface area contributed by atoms with Gasteiger partial charge in [-0.3, -0.25) is 14.5 Å². The molecule has 2 rings (SSSR count). The quantitative estimate of drug-likeness (QED) is 0.338. The molecule has 1 aliphatic rings. The standard InChI is InChI=1S/C20H25NO5S2/c1-5-24-16-11-14(7-8-15(16)26-13(3)4)12-17-19(23)21(20(27)28-17)10-9-18(22)25-6-2/h7-8,11-13H,5-6,9-10H2,1-4H3/b17-12-. The summed E-state index contributed by atoms with van der Waals surface area (Å²) in [6, 6.07) is 5.54. The lowest BCUT2D eigenvalue weighted by Crippen LogP contribution is -2.30. The second kappa shape index (κ2) is 10.5. The molecule has 8 heteroatoms. The van der Waals surface area contributed by atoms with E-state index in [1.807, 2.05) is 39.0 Å². The molecule has 0 unspecified atom stereocenters. The van der Waals surface area contributed by atoms with Crippen molar-refractivity contribution in [2.24, 2.45) is 0 Å². The number of esters is 1. The molecule has 0 atom stereocenters. The number of benzene rings is 1. The topological polar surface area (TPSA) is 65.1 Å². The van der Waals surface area contributed by atoms with Crippen LogP contribution in [-0.4, -0.2) is 47.0 Å². The number of nitrogens with zero attached hydrogens (tertiary/aromatic N) is 1. The normalized spacial score (nSPS) is 15.5. The molecule has 1 fully saturated rings. The summed E-state index contributed by atoms with van der Waals surface area (Å²) in [4.78, 5) is 26.1. The van der Waals surface area contributed by atoms with E-state index in [-0.39, 0.29) is 30.9 Å². The number of rotatable bonds is 9. The molecule has 1 heterocycles. The smallest absolute Gasteiger partial charge is 0.307 e. The van der Waals surface area contributed by atoms with E-state index in [9.17, 15) is 9.59 Å². The lowest BCUT2D eigenvalue weighted by molar-refractivity contribution is -0.143. The van der Waals surface area contributed by atoms with Crippen LogP contribution in [0.15, 0.2) is 23.1 Å². The Balaban J connectivity index is 2.16. The van der Waals surface area contributed by atoms with Gasteiger partial charge < -0.3 is 14.2 Å². The average Bonchev–Trinajstić information content (AvgIpc) is 2.89. The first-order chi connectivity index (χ1) is 13.3. The monoisotopic (exact) mass is 423 g/mol. The highest BCUT2D eigenvalue weighted by Crippen LogP contribution is 2.35. The van der Waals surface area contributed by atoms with Gasteiger partial charge in [-0.15, -0.1) is 0 Å². The molecule has 1 aromatic rings. The van der Waals surface area contributed by atoms with E-state index in [4.69, 9.17) is 26.4 Å². The SMILES string of the molecule is CCOC(=O)CCN1C(=O)/C(=C/c2ccc(OC(C)C)c(OCC)c2)SC1=S. The average molecular weight is 424 g/mol. The fourth-order valence-corrected chi connectivity index (χ4v) is 3.82. The predicted molar refractivity (Wildman–Crippen MR) is 115 cm³/mol. The number of thioether (sulfide) groups is 1. The lowest BCUT2D eigenvalue weighted by atomic mass is 10.1. The minimum Gasteiger partial charge on any atom is -0.490 e. The van der Waals surface area contributed by atoms with Gasteiger partial charge in [0.15, 0.2) is 11.5 Å². The highest BCUT2D eigenvalue weighted by Gasteiger charge is 2.32. The molecule has 0 saturated carbocycles. The lowest BCUT2D eigenvalue weighted by Gasteiger charge is -2.15. The second-order valence-electron chi connectivity index (χ2n) is 6.19. The molecule has 152 valence electrons. The Morgan fingerprint density at radius 1 is 1.25 bits per heavy atom. The third-order valence-electron chi connectivity index (χ3n) is 3.65. The van der Waals surface area contributed by atoms with Crippen LogP contribution in [0.3, 0.4) is 0 Å². The van der Waals surface area contributed by atoms with Crippen molar-refractivity contribution < 1.29 is 23.8 Å². The van der Waals surface area contributed by atoms with Crippen molar-refractivity contribution in [1.82, 2.24) is 4.90 Å². The summed E-state index contributed by atoms with van der Waals surface area (Å²) in [5, 5.41) is 0. The first kappa shape index (κ1) is 22.2. The van der Waals surface area contributed by atoms with Crippen molar-refractivity contribution in [1.29, 1.82) is 0 Å². The van der Waals surface area contributed by atoms with Crippen LogP contribution in [0.25, 0.3) is 6.08 Å². The van der Waals surface area contributed by atoms with Gasteiger partial charge in [0, 0.05) is 6.54 Å². The van der Waals surface area contributed by atoms with Crippen molar-refractivity contribution in [3.05, 3.63) is 28.7 Å². The van der Waals surface area contributed by atoms with Gasteiger partial charge in [-0.1, -0.05) is 30.0 Å². The van der Waals surface area contributed by atoms with E-state index in [0.717, 1.165) is 5.56 Å². The molecule has 6 nitrogen and oxygen atoms in total. The first-order valence-corrected chi connectivity index (χ1v) is 10.4. The molecule has 0 aliphatic carbocycles. The molecule has 0 N–H and O–H groups in total. The molecule has 1 aromatic carbocycles. The van der Waals surface area contributed by atoms with Crippen LogP contribution in [0.5, 0.6) is 11.5 Å². The third-order valence-corrected chi connectivity index (χ3v) is 5.02. The molecule has 0 bridgehead atoms. The van der Waals surface area contributed by atoms with Crippen molar-refractivity contribution in [3.8, 4) is 11.5 Å². The van der Waals surface area contributed by atoms with E-state index < -0.39 is 0 Å². The van der Waals surface area contributed by atoms with Crippen molar-refractivity contribution >= 4 is 46.3 Å². The van der Waals surface area contributed by atoms with Crippen LogP contribution in [-0.2, 0) is 14.3 Å². The van der Waals surface area contributed by atoms with Crippen LogP contribution in [0.2, 0.25) is 0 Å². The zero-order valence-electron chi connectivity index (χ0n) is 16.5. The van der Waals surface area contributed by atoms with Gasteiger partial charge in [-0.05, 0) is 51.5 Å². The fourth-order valence-electron chi connectivity index (χ4n) is 2.51. The van der Waals surface area contributed by atoms with E-state index in [1.54, 1.807) is 13.0 Å². The Morgan fingerprint density at radius 3 is 2.64 bits per heavy atom. The van der Waals surface area contributed by atoms with E-state index in [2.05, 4.69) is 0 Å². The number of hydrogen-bond donors (Lipinski definition) is 0. The highest BCUT2D eigenvalue weighted by molar-refractivity contribution is 8.26. The minimum atomic E-state index is -0.345. The number of carbonyl (C=O) groups excluding carboxylic acids is 2. The number of hydrogen-bond acceptors (Lipinski definition) is 7. The van der Waals surface area contributed by atoms with Crippen LogP contribution in [0.1, 0.15) is 39.7 Å². The number of ether oxygens (including phenoxy) is 3. The second-order valence-corrected chi connectivity index (χ2v) is 7.87. The Labute approximate surface area is 175 Å². The summed E-state index contributed by atoms with van der Waals surface area (Å²) in [6.45, 7) is 8.58. The van der Waals surface area contributed by atoms with Gasteiger partial charge in [0.05, 0.1) is 30.6 Å². The summed E-state index contributed by atoms with van der Waals surface area (Å²) in [5.41, 5.74) is 0.811. The largest absolute Gasteiger partial charge is 0.490 e. The summed E-state index contributed by atoms with van der Waals surface area (Å²) in [5.74, 6) is 0.737. The van der Waals surface area contributed by atoms with Gasteiger partial charge in [0.2, 0.25) is 0 Å². The van der Waals surface area contributed by atoms with E-state index in [0.29, 0.717) is 33.9 Å². The summed E-state index contributed by atoms with van der Waals surface area (Å²) < 4.78 is 16.8. The zero-order chi connectivity index (χ0) is 20.7. The Kier molecular flexibility index (Phi) is 8.32.